The fraction of sp³-hybridized carbons (Fsp3) is 0.674. The molecule has 2 aromatic carbocycles. The molecule has 0 saturated heterocycles. The maximum Gasteiger partial charge on any atom is 0.332 e. The van der Waals surface area contributed by atoms with Crippen molar-refractivity contribution < 1.29 is 38.1 Å². The summed E-state index contributed by atoms with van der Waals surface area (Å²) in [5, 5.41) is 2.88. The van der Waals surface area contributed by atoms with Crippen molar-refractivity contribution in [1.29, 1.82) is 0 Å². The molecule has 0 heterocycles. The average Bonchev–Trinajstić information content (AvgIpc) is 3.19. The summed E-state index contributed by atoms with van der Waals surface area (Å²) < 4.78 is 28.1. The molecule has 2 aromatic rings. The van der Waals surface area contributed by atoms with E-state index in [4.69, 9.17) is 23.7 Å². The van der Waals surface area contributed by atoms with Crippen LogP contribution in [0.1, 0.15) is 147 Å². The zero-order valence-corrected chi connectivity index (χ0v) is 34.3. The van der Waals surface area contributed by atoms with Crippen LogP contribution in [-0.2, 0) is 51.1 Å². The number of hydrogen-bond acceptors (Lipinski definition) is 8. The standard InChI is InChI=1S/C46H73NO8/c1-3-5-7-9-10-11-12-13-14-15-16-17-24-30-42(55-45(49)39-53-35-34-52-33-32-51-31-25-8-6-4-2)37-44(48)47-43(36-40-26-20-18-21-27-40)46(50)54-38-41-28-22-19-23-29-41/h18-23,26-29,42-43H,3-17,24-25,30-39H2,1-2H3,(H,47,48)/t42?,43-/m0/s1. The van der Waals surface area contributed by atoms with E-state index >= 15 is 0 Å². The number of amides is 1. The van der Waals surface area contributed by atoms with Gasteiger partial charge in [-0.25, -0.2) is 9.59 Å². The van der Waals surface area contributed by atoms with Crippen LogP contribution in [-0.4, -0.2) is 69.6 Å². The minimum absolute atomic E-state index is 0.0528. The third-order valence-electron chi connectivity index (χ3n) is 9.57. The Kier molecular flexibility index (Phi) is 29.6. The lowest BCUT2D eigenvalue weighted by Gasteiger charge is -2.21. The van der Waals surface area contributed by atoms with E-state index in [1.807, 2.05) is 60.7 Å². The monoisotopic (exact) mass is 768 g/mol. The lowest BCUT2D eigenvalue weighted by molar-refractivity contribution is -0.157. The van der Waals surface area contributed by atoms with E-state index in [0.29, 0.717) is 26.2 Å². The smallest absolute Gasteiger partial charge is 0.332 e. The average molecular weight is 768 g/mol. The zero-order valence-electron chi connectivity index (χ0n) is 34.3. The highest BCUT2D eigenvalue weighted by Gasteiger charge is 2.26. The van der Waals surface area contributed by atoms with Gasteiger partial charge in [-0.3, -0.25) is 4.79 Å². The quantitative estimate of drug-likeness (QED) is 0.0539. The van der Waals surface area contributed by atoms with Crippen molar-refractivity contribution in [3.05, 3.63) is 71.8 Å². The Morgan fingerprint density at radius 3 is 1.64 bits per heavy atom. The summed E-state index contributed by atoms with van der Waals surface area (Å²) in [6.45, 7) is 6.68. The first-order valence-electron chi connectivity index (χ1n) is 21.5. The van der Waals surface area contributed by atoms with Crippen molar-refractivity contribution in [2.24, 2.45) is 0 Å². The normalized spacial score (nSPS) is 12.3. The van der Waals surface area contributed by atoms with Gasteiger partial charge in [0.25, 0.3) is 0 Å². The maximum atomic E-state index is 13.5. The van der Waals surface area contributed by atoms with Crippen LogP contribution in [0.4, 0.5) is 0 Å². The number of esters is 2. The van der Waals surface area contributed by atoms with Crippen molar-refractivity contribution >= 4 is 17.8 Å². The van der Waals surface area contributed by atoms with Gasteiger partial charge in [-0.05, 0) is 30.4 Å². The number of rotatable bonds is 36. The molecule has 0 saturated carbocycles. The van der Waals surface area contributed by atoms with E-state index in [0.717, 1.165) is 43.4 Å². The first kappa shape index (κ1) is 47.9. The summed E-state index contributed by atoms with van der Waals surface area (Å²) in [6.07, 6.45) is 20.9. The zero-order chi connectivity index (χ0) is 39.4. The lowest BCUT2D eigenvalue weighted by atomic mass is 10.0. The molecular formula is C46H73NO8. The van der Waals surface area contributed by atoms with Gasteiger partial charge in [0, 0.05) is 13.0 Å². The van der Waals surface area contributed by atoms with Crippen molar-refractivity contribution in [3.8, 4) is 0 Å². The summed E-state index contributed by atoms with van der Waals surface area (Å²) >= 11 is 0. The predicted molar refractivity (Wildman–Crippen MR) is 220 cm³/mol. The van der Waals surface area contributed by atoms with Crippen molar-refractivity contribution in [2.45, 2.75) is 161 Å². The molecule has 0 aliphatic carbocycles. The molecule has 9 nitrogen and oxygen atoms in total. The van der Waals surface area contributed by atoms with Crippen LogP contribution in [0.25, 0.3) is 0 Å². The summed E-state index contributed by atoms with van der Waals surface area (Å²) in [5.41, 5.74) is 1.76. The fourth-order valence-corrected chi connectivity index (χ4v) is 6.37. The summed E-state index contributed by atoms with van der Waals surface area (Å²) in [6, 6.07) is 18.1. The molecule has 0 aliphatic rings. The topological polar surface area (TPSA) is 109 Å². The van der Waals surface area contributed by atoms with E-state index < -0.39 is 24.1 Å². The second-order valence-corrected chi connectivity index (χ2v) is 14.6. The highest BCUT2D eigenvalue weighted by molar-refractivity contribution is 5.85. The van der Waals surface area contributed by atoms with Gasteiger partial charge in [0.05, 0.1) is 32.8 Å². The minimum Gasteiger partial charge on any atom is -0.460 e. The first-order chi connectivity index (χ1) is 27.0. The lowest BCUT2D eigenvalue weighted by Crippen LogP contribution is -2.44. The molecule has 0 aliphatic heterocycles. The molecule has 0 aromatic heterocycles. The summed E-state index contributed by atoms with van der Waals surface area (Å²) in [7, 11) is 0. The Bertz CT molecular complexity index is 1210. The van der Waals surface area contributed by atoms with Gasteiger partial charge in [0.15, 0.2) is 0 Å². The summed E-state index contributed by atoms with van der Waals surface area (Å²) in [5.74, 6) is -1.40. The van der Waals surface area contributed by atoms with E-state index in [1.54, 1.807) is 0 Å². The Balaban J connectivity index is 1.83. The van der Waals surface area contributed by atoms with Gasteiger partial charge in [0.1, 0.15) is 25.4 Å². The molecule has 1 unspecified atom stereocenters. The van der Waals surface area contributed by atoms with Crippen LogP contribution in [0.3, 0.4) is 0 Å². The number of unbranched alkanes of at least 4 members (excludes halogenated alkanes) is 15. The van der Waals surface area contributed by atoms with Crippen molar-refractivity contribution in [2.75, 3.05) is 39.6 Å². The van der Waals surface area contributed by atoms with Crippen LogP contribution in [0, 0.1) is 0 Å². The van der Waals surface area contributed by atoms with Crippen LogP contribution in [0.2, 0.25) is 0 Å². The van der Waals surface area contributed by atoms with Gasteiger partial charge in [-0.15, -0.1) is 0 Å². The van der Waals surface area contributed by atoms with Crippen LogP contribution in [0.15, 0.2) is 60.7 Å². The first-order valence-corrected chi connectivity index (χ1v) is 21.5. The SMILES string of the molecule is CCCCCCCCCCCCCCCC(CC(=O)N[C@@H](Cc1ccccc1)C(=O)OCc1ccccc1)OC(=O)COCCOCCOCCCCCC. The molecule has 0 fully saturated rings. The Labute approximate surface area is 332 Å². The number of carbonyl (C=O) groups excluding carboxylic acids is 3. The Morgan fingerprint density at radius 1 is 0.564 bits per heavy atom. The number of hydrogen-bond donors (Lipinski definition) is 1. The Hall–Kier alpha value is -3.27. The highest BCUT2D eigenvalue weighted by atomic mass is 16.6. The van der Waals surface area contributed by atoms with E-state index in [-0.39, 0.29) is 38.6 Å². The van der Waals surface area contributed by atoms with Crippen molar-refractivity contribution in [1.82, 2.24) is 5.32 Å². The minimum atomic E-state index is -0.888. The largest absolute Gasteiger partial charge is 0.460 e. The number of nitrogens with one attached hydrogen (secondary N) is 1. The molecule has 0 spiro atoms. The van der Waals surface area contributed by atoms with E-state index in [9.17, 15) is 14.4 Å². The van der Waals surface area contributed by atoms with Gasteiger partial charge >= 0.3 is 11.9 Å². The molecule has 55 heavy (non-hydrogen) atoms. The molecule has 0 bridgehead atoms. The van der Waals surface area contributed by atoms with Gasteiger partial charge in [-0.2, -0.15) is 0 Å². The van der Waals surface area contributed by atoms with Crippen LogP contribution >= 0.6 is 0 Å². The Morgan fingerprint density at radius 2 is 1.05 bits per heavy atom. The molecule has 2 rings (SSSR count). The van der Waals surface area contributed by atoms with E-state index in [1.165, 1.54) is 83.5 Å². The van der Waals surface area contributed by atoms with Gasteiger partial charge in [0.2, 0.25) is 5.91 Å². The fourth-order valence-electron chi connectivity index (χ4n) is 6.37. The predicted octanol–water partition coefficient (Wildman–Crippen LogP) is 9.87. The van der Waals surface area contributed by atoms with Crippen molar-refractivity contribution in [3.63, 3.8) is 0 Å². The number of benzene rings is 2. The van der Waals surface area contributed by atoms with Crippen LogP contribution < -0.4 is 5.32 Å². The highest BCUT2D eigenvalue weighted by Crippen LogP contribution is 2.16. The molecule has 1 amide bonds. The number of carbonyl (C=O) groups is 3. The van der Waals surface area contributed by atoms with Crippen LogP contribution in [0.5, 0.6) is 0 Å². The van der Waals surface area contributed by atoms with Gasteiger partial charge < -0.3 is 29.0 Å². The molecule has 1 N–H and O–H groups in total. The second kappa shape index (κ2) is 34.0. The second-order valence-electron chi connectivity index (χ2n) is 14.6. The van der Waals surface area contributed by atoms with E-state index in [2.05, 4.69) is 19.2 Å². The number of ether oxygens (including phenoxy) is 5. The van der Waals surface area contributed by atoms with Gasteiger partial charge in [-0.1, -0.05) is 171 Å². The molecule has 9 heteroatoms. The third-order valence-corrected chi connectivity index (χ3v) is 9.57. The molecular weight excluding hydrogens is 695 g/mol. The summed E-state index contributed by atoms with van der Waals surface area (Å²) in [4.78, 5) is 39.5. The third kappa shape index (κ3) is 27.1. The molecule has 2 atom stereocenters. The maximum absolute atomic E-state index is 13.5. The molecule has 310 valence electrons. The molecule has 0 radical (unpaired) electrons.